The predicted molar refractivity (Wildman–Crippen MR) is 160 cm³/mol. The lowest BCUT2D eigenvalue weighted by Crippen LogP contribution is -2.29. The number of nitrogens with zero attached hydrogens (tertiary/aromatic N) is 2. The number of aromatic nitrogens is 1. The molecule has 1 aliphatic rings. The van der Waals surface area contributed by atoms with Crippen molar-refractivity contribution in [1.29, 1.82) is 0 Å². The zero-order chi connectivity index (χ0) is 29.1. The Morgan fingerprint density at radius 3 is 2.49 bits per heavy atom. The van der Waals surface area contributed by atoms with Crippen LogP contribution in [0.5, 0.6) is 17.2 Å². The van der Waals surface area contributed by atoms with E-state index < -0.39 is 17.7 Å². The van der Waals surface area contributed by atoms with Gasteiger partial charge in [0.2, 0.25) is 0 Å². The van der Waals surface area contributed by atoms with Crippen molar-refractivity contribution in [2.24, 2.45) is 0 Å². The minimum atomic E-state index is -0.942. The SMILES string of the molecule is CCCCOc1ccc(C2/C(=C(\O)c3ccc(OC)cc3)C(=O)C(=O)N2c2nc3ccc(C)cc3s2)cc1OCC. The van der Waals surface area contributed by atoms with Gasteiger partial charge in [-0.15, -0.1) is 0 Å². The van der Waals surface area contributed by atoms with Gasteiger partial charge >= 0.3 is 5.91 Å². The number of amides is 1. The van der Waals surface area contributed by atoms with Gasteiger partial charge in [0, 0.05) is 5.56 Å². The van der Waals surface area contributed by atoms with Gasteiger partial charge in [0.1, 0.15) is 11.5 Å². The van der Waals surface area contributed by atoms with Crippen LogP contribution in [0.25, 0.3) is 16.0 Å². The van der Waals surface area contributed by atoms with Crippen molar-refractivity contribution >= 4 is 44.1 Å². The zero-order valence-corrected chi connectivity index (χ0v) is 24.3. The van der Waals surface area contributed by atoms with Gasteiger partial charge in [0.15, 0.2) is 16.6 Å². The molecule has 5 rings (SSSR count). The van der Waals surface area contributed by atoms with E-state index in [1.54, 1.807) is 49.6 Å². The number of hydrogen-bond acceptors (Lipinski definition) is 8. The van der Waals surface area contributed by atoms with Gasteiger partial charge in [-0.25, -0.2) is 4.98 Å². The Morgan fingerprint density at radius 2 is 1.78 bits per heavy atom. The van der Waals surface area contributed by atoms with Crippen molar-refractivity contribution in [3.63, 3.8) is 0 Å². The molecule has 0 bridgehead atoms. The molecule has 1 saturated heterocycles. The summed E-state index contributed by atoms with van der Waals surface area (Å²) >= 11 is 1.32. The third kappa shape index (κ3) is 5.50. The van der Waals surface area contributed by atoms with Crippen molar-refractivity contribution in [3.8, 4) is 17.2 Å². The van der Waals surface area contributed by atoms with Gasteiger partial charge in [-0.1, -0.05) is 36.8 Å². The summed E-state index contributed by atoms with van der Waals surface area (Å²) in [5, 5.41) is 11.8. The number of aliphatic hydroxyl groups is 1. The first-order valence-electron chi connectivity index (χ1n) is 13.6. The number of carbonyl (C=O) groups is 2. The topological polar surface area (TPSA) is 98.2 Å². The number of ketones is 1. The number of thiazole rings is 1. The number of Topliss-reactive ketones (excluding diaryl/α,β-unsaturated/α-hetero) is 1. The van der Waals surface area contributed by atoms with Crippen molar-refractivity contribution in [1.82, 2.24) is 4.98 Å². The van der Waals surface area contributed by atoms with Crippen molar-refractivity contribution < 1.29 is 28.9 Å². The van der Waals surface area contributed by atoms with Gasteiger partial charge < -0.3 is 19.3 Å². The molecule has 0 spiro atoms. The molecule has 1 atom stereocenters. The molecule has 0 radical (unpaired) electrons. The molecule has 1 fully saturated rings. The largest absolute Gasteiger partial charge is 0.507 e. The normalized spacial score (nSPS) is 16.4. The van der Waals surface area contributed by atoms with E-state index in [1.807, 2.05) is 32.0 Å². The molecule has 41 heavy (non-hydrogen) atoms. The van der Waals surface area contributed by atoms with Gasteiger partial charge in [0.05, 0.1) is 42.2 Å². The second kappa shape index (κ2) is 12.0. The first kappa shape index (κ1) is 28.2. The molecule has 2 heterocycles. The molecular formula is C32H32N2O6S. The molecule has 1 N–H and O–H groups in total. The lowest BCUT2D eigenvalue weighted by Gasteiger charge is -2.24. The summed E-state index contributed by atoms with van der Waals surface area (Å²) in [6.07, 6.45) is 1.89. The van der Waals surface area contributed by atoms with Crippen molar-refractivity contribution in [2.75, 3.05) is 25.2 Å². The molecule has 3 aromatic carbocycles. The van der Waals surface area contributed by atoms with Crippen LogP contribution in [0, 0.1) is 6.92 Å². The molecule has 0 aliphatic carbocycles. The van der Waals surface area contributed by atoms with Crippen LogP contribution in [0.15, 0.2) is 66.2 Å². The Balaban J connectivity index is 1.68. The van der Waals surface area contributed by atoms with E-state index in [2.05, 4.69) is 6.92 Å². The number of benzene rings is 3. The molecule has 1 unspecified atom stereocenters. The minimum absolute atomic E-state index is 0.0299. The highest BCUT2D eigenvalue weighted by molar-refractivity contribution is 7.22. The molecule has 0 saturated carbocycles. The maximum absolute atomic E-state index is 13.7. The highest BCUT2D eigenvalue weighted by atomic mass is 32.1. The van der Waals surface area contributed by atoms with Gasteiger partial charge in [-0.05, 0) is 79.9 Å². The fraction of sp³-hybridized carbons (Fsp3) is 0.281. The van der Waals surface area contributed by atoms with Crippen molar-refractivity contribution in [3.05, 3.63) is 82.9 Å². The average molecular weight is 573 g/mol. The first-order valence-corrected chi connectivity index (χ1v) is 14.4. The van der Waals surface area contributed by atoms with Crippen LogP contribution in [0.4, 0.5) is 5.13 Å². The number of aliphatic hydroxyl groups excluding tert-OH is 1. The van der Waals surface area contributed by atoms with Gasteiger partial charge in [-0.2, -0.15) is 0 Å². The maximum atomic E-state index is 13.7. The number of rotatable bonds is 10. The second-order valence-electron chi connectivity index (χ2n) is 9.71. The highest BCUT2D eigenvalue weighted by Crippen LogP contribution is 2.46. The average Bonchev–Trinajstić information content (AvgIpc) is 3.51. The Kier molecular flexibility index (Phi) is 8.26. The van der Waals surface area contributed by atoms with Crippen LogP contribution >= 0.6 is 11.3 Å². The number of hydrogen-bond donors (Lipinski definition) is 1. The molecule has 1 amide bonds. The predicted octanol–water partition coefficient (Wildman–Crippen LogP) is 6.82. The summed E-state index contributed by atoms with van der Waals surface area (Å²) in [7, 11) is 1.55. The van der Waals surface area contributed by atoms with Crippen LogP contribution in [-0.4, -0.2) is 42.1 Å². The molecule has 4 aromatic rings. The third-order valence-corrected chi connectivity index (χ3v) is 7.90. The van der Waals surface area contributed by atoms with Crippen LogP contribution in [0.1, 0.15) is 49.4 Å². The van der Waals surface area contributed by atoms with E-state index in [0.717, 1.165) is 28.6 Å². The van der Waals surface area contributed by atoms with Crippen LogP contribution in [-0.2, 0) is 9.59 Å². The number of ether oxygens (including phenoxy) is 3. The smallest absolute Gasteiger partial charge is 0.301 e. The summed E-state index contributed by atoms with van der Waals surface area (Å²) in [6.45, 7) is 6.89. The fourth-order valence-corrected chi connectivity index (χ4v) is 5.87. The molecular weight excluding hydrogens is 540 g/mol. The number of methoxy groups -OCH3 is 1. The van der Waals surface area contributed by atoms with E-state index in [0.29, 0.717) is 46.7 Å². The highest BCUT2D eigenvalue weighted by Gasteiger charge is 2.48. The molecule has 1 aromatic heterocycles. The second-order valence-corrected chi connectivity index (χ2v) is 10.7. The Labute approximate surface area is 242 Å². The number of carbonyl (C=O) groups excluding carboxylic acids is 2. The molecule has 9 heteroatoms. The Hall–Kier alpha value is -4.37. The molecule has 8 nitrogen and oxygen atoms in total. The standard InChI is InChI=1S/C32H32N2O6S/c1-5-7-16-40-24-15-11-21(18-25(24)39-6-2)28-27(29(35)20-9-12-22(38-4)13-10-20)30(36)31(37)34(28)32-33-23-14-8-19(3)17-26(23)41-32/h8-15,17-18,28,35H,5-7,16H2,1-4H3/b29-27+. The van der Waals surface area contributed by atoms with E-state index in [-0.39, 0.29) is 11.3 Å². The summed E-state index contributed by atoms with van der Waals surface area (Å²) in [5.74, 6) is -0.162. The fourth-order valence-electron chi connectivity index (χ4n) is 4.78. The summed E-state index contributed by atoms with van der Waals surface area (Å²) in [6, 6.07) is 16.9. The van der Waals surface area contributed by atoms with E-state index in [9.17, 15) is 14.7 Å². The Morgan fingerprint density at radius 1 is 1.00 bits per heavy atom. The van der Waals surface area contributed by atoms with E-state index in [4.69, 9.17) is 19.2 Å². The van der Waals surface area contributed by atoms with Crippen LogP contribution in [0.2, 0.25) is 0 Å². The first-order chi connectivity index (χ1) is 19.9. The minimum Gasteiger partial charge on any atom is -0.507 e. The number of unbranched alkanes of at least 4 members (excludes halogenated alkanes) is 1. The zero-order valence-electron chi connectivity index (χ0n) is 23.5. The lowest BCUT2D eigenvalue weighted by atomic mass is 9.95. The monoisotopic (exact) mass is 572 g/mol. The number of aryl methyl sites for hydroxylation is 1. The molecule has 212 valence electrons. The number of fused-ring (bicyclic) bond motifs is 1. The molecule has 1 aliphatic heterocycles. The van der Waals surface area contributed by atoms with Gasteiger partial charge in [-0.3, -0.25) is 14.5 Å². The van der Waals surface area contributed by atoms with Crippen LogP contribution in [0.3, 0.4) is 0 Å². The van der Waals surface area contributed by atoms with Gasteiger partial charge in [0.25, 0.3) is 5.78 Å². The lowest BCUT2D eigenvalue weighted by molar-refractivity contribution is -0.132. The quantitative estimate of drug-likeness (QED) is 0.0964. The van der Waals surface area contributed by atoms with Crippen molar-refractivity contribution in [2.45, 2.75) is 39.7 Å². The summed E-state index contributed by atoms with van der Waals surface area (Å²) < 4.78 is 18.0. The van der Waals surface area contributed by atoms with E-state index in [1.165, 1.54) is 16.2 Å². The van der Waals surface area contributed by atoms with E-state index >= 15 is 0 Å². The number of anilines is 1. The third-order valence-electron chi connectivity index (χ3n) is 6.89. The summed E-state index contributed by atoms with van der Waals surface area (Å²) in [4.78, 5) is 33.4. The maximum Gasteiger partial charge on any atom is 0.301 e. The van der Waals surface area contributed by atoms with Crippen LogP contribution < -0.4 is 19.1 Å². The summed E-state index contributed by atoms with van der Waals surface area (Å²) in [5.41, 5.74) is 2.73. The Bertz CT molecular complexity index is 1630.